The number of allylic oxidation sites excluding steroid dienone is 2. The minimum absolute atomic E-state index is 0.143. The van der Waals surface area contributed by atoms with Crippen molar-refractivity contribution in [3.63, 3.8) is 0 Å². The summed E-state index contributed by atoms with van der Waals surface area (Å²) in [5.41, 5.74) is -0.827. The van der Waals surface area contributed by atoms with Crippen LogP contribution in [0, 0.1) is 0 Å². The van der Waals surface area contributed by atoms with Gasteiger partial charge in [-0.1, -0.05) is 6.08 Å². The molecular weight excluding hydrogens is 160 g/mol. The molecule has 1 N–H and O–H groups in total. The molecule has 1 saturated heterocycles. The standard InChI is InChI=1S/C8H6O4/c9-4-8-3-1-2-5(7(10)11)6(8)12-8/h1-4,6H,(H,10,11). The summed E-state index contributed by atoms with van der Waals surface area (Å²) in [6, 6.07) is 0. The van der Waals surface area contributed by atoms with Crippen molar-refractivity contribution in [1.29, 1.82) is 0 Å². The lowest BCUT2D eigenvalue weighted by atomic mass is 9.96. The molecule has 0 amide bonds. The highest BCUT2D eigenvalue weighted by molar-refractivity contribution is 5.93. The smallest absolute Gasteiger partial charge is 0.334 e. The summed E-state index contributed by atoms with van der Waals surface area (Å²) in [6.07, 6.45) is 4.60. The molecule has 0 aromatic heterocycles. The number of epoxide rings is 1. The molecule has 0 aromatic rings. The minimum Gasteiger partial charge on any atom is -0.478 e. The Bertz CT molecular complexity index is 315. The maximum absolute atomic E-state index is 10.6. The number of aliphatic carboxylic acids is 1. The van der Waals surface area contributed by atoms with Crippen molar-refractivity contribution >= 4 is 12.3 Å². The first-order chi connectivity index (χ1) is 5.69. The van der Waals surface area contributed by atoms with E-state index in [2.05, 4.69) is 0 Å². The van der Waals surface area contributed by atoms with Gasteiger partial charge in [0.25, 0.3) is 0 Å². The third-order valence-corrected chi connectivity index (χ3v) is 2.02. The van der Waals surface area contributed by atoms with Gasteiger partial charge < -0.3 is 9.84 Å². The number of carboxylic acid groups (broad SMARTS) is 1. The summed E-state index contributed by atoms with van der Waals surface area (Å²) in [4.78, 5) is 21.0. The van der Waals surface area contributed by atoms with Gasteiger partial charge >= 0.3 is 5.97 Å². The van der Waals surface area contributed by atoms with E-state index in [1.54, 1.807) is 6.08 Å². The van der Waals surface area contributed by atoms with Crippen LogP contribution in [0.25, 0.3) is 0 Å². The van der Waals surface area contributed by atoms with Crippen LogP contribution in [-0.2, 0) is 14.3 Å². The third-order valence-electron chi connectivity index (χ3n) is 2.02. The molecule has 2 aliphatic rings. The van der Waals surface area contributed by atoms with Crippen molar-refractivity contribution in [1.82, 2.24) is 0 Å². The van der Waals surface area contributed by atoms with E-state index in [4.69, 9.17) is 9.84 Å². The largest absolute Gasteiger partial charge is 0.478 e. The van der Waals surface area contributed by atoms with Gasteiger partial charge in [-0.15, -0.1) is 0 Å². The zero-order valence-corrected chi connectivity index (χ0v) is 6.06. The second-order valence-electron chi connectivity index (χ2n) is 2.76. The van der Waals surface area contributed by atoms with Gasteiger partial charge in [0.15, 0.2) is 11.9 Å². The zero-order chi connectivity index (χ0) is 8.77. The first-order valence-corrected chi connectivity index (χ1v) is 3.46. The lowest BCUT2D eigenvalue weighted by Crippen LogP contribution is -2.20. The highest BCUT2D eigenvalue weighted by Gasteiger charge is 2.59. The van der Waals surface area contributed by atoms with Gasteiger partial charge in [-0.25, -0.2) is 4.79 Å². The van der Waals surface area contributed by atoms with Crippen molar-refractivity contribution < 1.29 is 19.4 Å². The highest BCUT2D eigenvalue weighted by atomic mass is 16.6. The molecule has 1 heterocycles. The molecule has 1 aliphatic carbocycles. The first-order valence-electron chi connectivity index (χ1n) is 3.46. The van der Waals surface area contributed by atoms with Crippen LogP contribution < -0.4 is 0 Å². The Kier molecular flexibility index (Phi) is 1.23. The summed E-state index contributed by atoms with van der Waals surface area (Å²) in [5, 5.41) is 8.65. The Balaban J connectivity index is 2.32. The molecule has 2 atom stereocenters. The summed E-state index contributed by atoms with van der Waals surface area (Å²) in [5.74, 6) is -1.03. The average Bonchev–Trinajstić information content (AvgIpc) is 2.78. The molecule has 0 saturated carbocycles. The van der Waals surface area contributed by atoms with Crippen LogP contribution in [0.1, 0.15) is 0 Å². The van der Waals surface area contributed by atoms with Gasteiger partial charge in [0, 0.05) is 0 Å². The molecule has 0 spiro atoms. The maximum Gasteiger partial charge on any atom is 0.334 e. The van der Waals surface area contributed by atoms with E-state index in [0.717, 1.165) is 0 Å². The number of hydrogen-bond acceptors (Lipinski definition) is 3. The number of fused-ring (bicyclic) bond motifs is 1. The van der Waals surface area contributed by atoms with Crippen LogP contribution in [0.15, 0.2) is 23.8 Å². The SMILES string of the molecule is O=CC12C=CC=C(C(=O)O)C1O2. The first kappa shape index (κ1) is 7.24. The fourth-order valence-electron chi connectivity index (χ4n) is 1.31. The number of carboxylic acids is 1. The zero-order valence-electron chi connectivity index (χ0n) is 6.06. The topological polar surface area (TPSA) is 66.9 Å². The molecule has 0 aromatic carbocycles. The number of hydrogen-bond donors (Lipinski definition) is 1. The molecule has 12 heavy (non-hydrogen) atoms. The highest BCUT2D eigenvalue weighted by Crippen LogP contribution is 2.43. The molecule has 62 valence electrons. The van der Waals surface area contributed by atoms with Gasteiger partial charge in [-0.2, -0.15) is 0 Å². The second-order valence-corrected chi connectivity index (χ2v) is 2.76. The van der Waals surface area contributed by atoms with Gasteiger partial charge in [0.1, 0.15) is 6.10 Å². The number of ether oxygens (including phenoxy) is 1. The lowest BCUT2D eigenvalue weighted by molar-refractivity contribution is -0.132. The van der Waals surface area contributed by atoms with Crippen LogP contribution in [0.5, 0.6) is 0 Å². The van der Waals surface area contributed by atoms with Crippen LogP contribution in [0.3, 0.4) is 0 Å². The molecule has 0 bridgehead atoms. The van der Waals surface area contributed by atoms with Crippen LogP contribution in [-0.4, -0.2) is 29.1 Å². The third kappa shape index (κ3) is 0.753. The van der Waals surface area contributed by atoms with Crippen LogP contribution >= 0.6 is 0 Å². The van der Waals surface area contributed by atoms with E-state index in [0.29, 0.717) is 6.29 Å². The molecule has 4 nitrogen and oxygen atoms in total. The number of rotatable bonds is 2. The average molecular weight is 166 g/mol. The maximum atomic E-state index is 10.6. The lowest BCUT2D eigenvalue weighted by Gasteiger charge is -2.02. The Morgan fingerprint density at radius 1 is 1.75 bits per heavy atom. The number of carbonyl (C=O) groups is 2. The fourth-order valence-corrected chi connectivity index (χ4v) is 1.31. The van der Waals surface area contributed by atoms with Crippen LogP contribution in [0.2, 0.25) is 0 Å². The van der Waals surface area contributed by atoms with Crippen molar-refractivity contribution in [3.05, 3.63) is 23.8 Å². The molecule has 1 fully saturated rings. The molecule has 2 rings (SSSR count). The van der Waals surface area contributed by atoms with Gasteiger partial charge in [-0.3, -0.25) is 4.79 Å². The molecule has 0 radical (unpaired) electrons. The van der Waals surface area contributed by atoms with Gasteiger partial charge in [0.2, 0.25) is 0 Å². The predicted octanol–water partition coefficient (Wildman–Crippen LogP) is -0.0963. The molecule has 4 heteroatoms. The normalized spacial score (nSPS) is 36.7. The van der Waals surface area contributed by atoms with Crippen molar-refractivity contribution in [2.24, 2.45) is 0 Å². The molecule has 2 unspecified atom stereocenters. The van der Waals surface area contributed by atoms with Crippen molar-refractivity contribution in [2.45, 2.75) is 11.7 Å². The second kappa shape index (κ2) is 2.04. The predicted molar refractivity (Wildman–Crippen MR) is 38.5 cm³/mol. The Hall–Kier alpha value is -1.42. The Morgan fingerprint density at radius 2 is 2.50 bits per heavy atom. The van der Waals surface area contributed by atoms with Crippen molar-refractivity contribution in [2.75, 3.05) is 0 Å². The van der Waals surface area contributed by atoms with E-state index in [1.807, 2.05) is 0 Å². The summed E-state index contributed by atoms with van der Waals surface area (Å²) >= 11 is 0. The van der Waals surface area contributed by atoms with Gasteiger partial charge in [-0.05, 0) is 12.2 Å². The number of carbonyl (C=O) groups excluding carboxylic acids is 1. The van der Waals surface area contributed by atoms with Gasteiger partial charge in [0.05, 0.1) is 5.57 Å². The van der Waals surface area contributed by atoms with E-state index < -0.39 is 17.7 Å². The molecule has 1 aliphatic heterocycles. The summed E-state index contributed by atoms with van der Waals surface area (Å²) in [6.45, 7) is 0. The van der Waals surface area contributed by atoms with E-state index in [-0.39, 0.29) is 5.57 Å². The summed E-state index contributed by atoms with van der Waals surface area (Å²) in [7, 11) is 0. The monoisotopic (exact) mass is 166 g/mol. The quantitative estimate of drug-likeness (QED) is 0.459. The Labute approximate surface area is 68.1 Å². The van der Waals surface area contributed by atoms with E-state index in [1.165, 1.54) is 12.2 Å². The van der Waals surface area contributed by atoms with E-state index in [9.17, 15) is 9.59 Å². The number of aldehydes is 1. The van der Waals surface area contributed by atoms with Crippen molar-refractivity contribution in [3.8, 4) is 0 Å². The molecular formula is C8H6O4. The Morgan fingerprint density at radius 3 is 3.08 bits per heavy atom. The fraction of sp³-hybridized carbons (Fsp3) is 0.250. The van der Waals surface area contributed by atoms with Crippen LogP contribution in [0.4, 0.5) is 0 Å². The summed E-state index contributed by atoms with van der Waals surface area (Å²) < 4.78 is 4.98. The van der Waals surface area contributed by atoms with E-state index >= 15 is 0 Å². The minimum atomic E-state index is -1.03.